The van der Waals surface area contributed by atoms with Crippen molar-refractivity contribution in [3.63, 3.8) is 0 Å². The van der Waals surface area contributed by atoms with Crippen molar-refractivity contribution in [1.82, 2.24) is 10.2 Å². The highest BCUT2D eigenvalue weighted by Crippen LogP contribution is 2.27. The van der Waals surface area contributed by atoms with E-state index >= 15 is 0 Å². The number of hydrogen-bond donors (Lipinski definition) is 2. The maximum absolute atomic E-state index is 12.6. The zero-order chi connectivity index (χ0) is 17.1. The largest absolute Gasteiger partial charge is 0.469 e. The summed E-state index contributed by atoms with van der Waals surface area (Å²) >= 11 is 0. The van der Waals surface area contributed by atoms with Crippen molar-refractivity contribution in [2.75, 3.05) is 38.3 Å². The lowest BCUT2D eigenvalue weighted by Gasteiger charge is -2.35. The number of carbonyl (C=O) groups excluding carboxylic acids is 2. The number of aryl methyl sites for hydroxylation is 1. The number of anilines is 1. The van der Waals surface area contributed by atoms with E-state index in [2.05, 4.69) is 10.1 Å². The van der Waals surface area contributed by atoms with Crippen molar-refractivity contribution < 1.29 is 19.4 Å². The molecule has 2 aliphatic heterocycles. The van der Waals surface area contributed by atoms with Gasteiger partial charge in [-0.3, -0.25) is 9.69 Å². The Labute approximate surface area is 141 Å². The van der Waals surface area contributed by atoms with Gasteiger partial charge in [0.2, 0.25) is 0 Å². The maximum Gasteiger partial charge on any atom is 0.324 e. The summed E-state index contributed by atoms with van der Waals surface area (Å²) < 4.78 is 4.64. The summed E-state index contributed by atoms with van der Waals surface area (Å²) in [4.78, 5) is 27.4. The molecule has 0 spiro atoms. The molecule has 2 heterocycles. The van der Waals surface area contributed by atoms with Crippen molar-refractivity contribution in [1.29, 1.82) is 0 Å². The molecule has 3 rings (SSSR count). The van der Waals surface area contributed by atoms with Crippen molar-refractivity contribution in [3.8, 4) is 0 Å². The SMILES string of the molecule is COC(=O)CCc1ccc(N2CC3[C@@H](CO)NCCN3C2=O)cc1. The average molecular weight is 333 g/mol. The van der Waals surface area contributed by atoms with Crippen LogP contribution in [-0.2, 0) is 16.0 Å². The molecule has 130 valence electrons. The number of esters is 1. The highest BCUT2D eigenvalue weighted by atomic mass is 16.5. The van der Waals surface area contributed by atoms with E-state index in [4.69, 9.17) is 0 Å². The third kappa shape index (κ3) is 3.22. The van der Waals surface area contributed by atoms with E-state index in [0.29, 0.717) is 32.5 Å². The van der Waals surface area contributed by atoms with Gasteiger partial charge in [-0.2, -0.15) is 0 Å². The molecule has 1 aromatic rings. The van der Waals surface area contributed by atoms with Gasteiger partial charge >= 0.3 is 12.0 Å². The fourth-order valence-corrected chi connectivity index (χ4v) is 3.37. The zero-order valence-corrected chi connectivity index (χ0v) is 13.8. The molecule has 1 unspecified atom stereocenters. The van der Waals surface area contributed by atoms with E-state index in [0.717, 1.165) is 11.3 Å². The first-order valence-electron chi connectivity index (χ1n) is 8.22. The number of aliphatic hydroxyl groups excluding tert-OH is 1. The second-order valence-corrected chi connectivity index (χ2v) is 6.14. The number of benzene rings is 1. The van der Waals surface area contributed by atoms with Crippen LogP contribution in [0.1, 0.15) is 12.0 Å². The van der Waals surface area contributed by atoms with Crippen molar-refractivity contribution in [2.45, 2.75) is 24.9 Å². The number of methoxy groups -OCH3 is 1. The van der Waals surface area contributed by atoms with E-state index in [9.17, 15) is 14.7 Å². The Morgan fingerprint density at radius 3 is 2.79 bits per heavy atom. The van der Waals surface area contributed by atoms with Crippen molar-refractivity contribution in [2.24, 2.45) is 0 Å². The molecule has 0 bridgehead atoms. The smallest absolute Gasteiger partial charge is 0.324 e. The maximum atomic E-state index is 12.6. The number of nitrogens with zero attached hydrogens (tertiary/aromatic N) is 2. The highest BCUT2D eigenvalue weighted by Gasteiger charge is 2.43. The highest BCUT2D eigenvalue weighted by molar-refractivity contribution is 5.94. The fourth-order valence-electron chi connectivity index (χ4n) is 3.37. The number of piperazine rings is 1. The number of hydrogen-bond acceptors (Lipinski definition) is 5. The second-order valence-electron chi connectivity index (χ2n) is 6.14. The van der Waals surface area contributed by atoms with Gasteiger partial charge in [0.05, 0.1) is 25.8 Å². The van der Waals surface area contributed by atoms with Crippen LogP contribution in [0.25, 0.3) is 0 Å². The van der Waals surface area contributed by atoms with E-state index in [-0.39, 0.29) is 30.7 Å². The number of amides is 2. The number of fused-ring (bicyclic) bond motifs is 1. The van der Waals surface area contributed by atoms with Crippen LogP contribution < -0.4 is 10.2 Å². The summed E-state index contributed by atoms with van der Waals surface area (Å²) in [5, 5.41) is 12.7. The molecule has 2 amide bonds. The minimum Gasteiger partial charge on any atom is -0.469 e. The van der Waals surface area contributed by atoms with E-state index in [1.165, 1.54) is 7.11 Å². The summed E-state index contributed by atoms with van der Waals surface area (Å²) in [5.74, 6) is -0.229. The van der Waals surface area contributed by atoms with Gasteiger partial charge in [0.1, 0.15) is 0 Å². The van der Waals surface area contributed by atoms with Gasteiger partial charge in [-0.15, -0.1) is 0 Å². The van der Waals surface area contributed by atoms with E-state index < -0.39 is 0 Å². The lowest BCUT2D eigenvalue weighted by molar-refractivity contribution is -0.140. The summed E-state index contributed by atoms with van der Waals surface area (Å²) in [7, 11) is 1.38. The van der Waals surface area contributed by atoms with Gasteiger partial charge in [0, 0.05) is 31.7 Å². The van der Waals surface area contributed by atoms with Crippen LogP contribution in [0.2, 0.25) is 0 Å². The first kappa shape index (κ1) is 16.7. The van der Waals surface area contributed by atoms with Crippen LogP contribution in [-0.4, -0.2) is 67.4 Å². The molecule has 0 saturated carbocycles. The van der Waals surface area contributed by atoms with Crippen LogP contribution in [0.3, 0.4) is 0 Å². The predicted octanol–water partition coefficient (Wildman–Crippen LogP) is 0.367. The lowest BCUT2D eigenvalue weighted by Crippen LogP contribution is -2.58. The third-order valence-corrected chi connectivity index (χ3v) is 4.76. The van der Waals surface area contributed by atoms with Crippen LogP contribution in [0, 0.1) is 0 Å². The predicted molar refractivity (Wildman–Crippen MR) is 88.9 cm³/mol. The summed E-state index contributed by atoms with van der Waals surface area (Å²) in [6.07, 6.45) is 0.963. The molecule has 2 fully saturated rings. The molecule has 2 N–H and O–H groups in total. The fraction of sp³-hybridized carbons (Fsp3) is 0.529. The Morgan fingerprint density at radius 1 is 1.38 bits per heavy atom. The number of carbonyl (C=O) groups is 2. The first-order valence-corrected chi connectivity index (χ1v) is 8.22. The Morgan fingerprint density at radius 2 is 2.12 bits per heavy atom. The molecule has 7 nitrogen and oxygen atoms in total. The number of aliphatic hydroxyl groups is 1. The summed E-state index contributed by atoms with van der Waals surface area (Å²) in [6, 6.07) is 7.59. The number of urea groups is 1. The monoisotopic (exact) mass is 333 g/mol. The first-order chi connectivity index (χ1) is 11.6. The number of nitrogens with one attached hydrogen (secondary N) is 1. The molecular formula is C17H23N3O4. The molecule has 7 heteroatoms. The topological polar surface area (TPSA) is 82.1 Å². The Balaban J connectivity index is 1.68. The summed E-state index contributed by atoms with van der Waals surface area (Å²) in [6.45, 7) is 1.95. The summed E-state index contributed by atoms with van der Waals surface area (Å²) in [5.41, 5.74) is 1.87. The van der Waals surface area contributed by atoms with E-state index in [1.54, 1.807) is 4.90 Å². The van der Waals surface area contributed by atoms with Crippen LogP contribution in [0.15, 0.2) is 24.3 Å². The van der Waals surface area contributed by atoms with Crippen LogP contribution in [0.4, 0.5) is 10.5 Å². The van der Waals surface area contributed by atoms with Crippen molar-refractivity contribution in [3.05, 3.63) is 29.8 Å². The average Bonchev–Trinajstić information content (AvgIpc) is 2.97. The molecule has 2 aliphatic rings. The quantitative estimate of drug-likeness (QED) is 0.761. The zero-order valence-electron chi connectivity index (χ0n) is 13.8. The van der Waals surface area contributed by atoms with Gasteiger partial charge in [-0.1, -0.05) is 12.1 Å². The molecule has 1 aromatic carbocycles. The Kier molecular flexibility index (Phi) is 5.01. The van der Waals surface area contributed by atoms with Crippen LogP contribution >= 0.6 is 0 Å². The lowest BCUT2D eigenvalue weighted by atomic mass is 10.1. The molecule has 2 atom stereocenters. The van der Waals surface area contributed by atoms with Gasteiger partial charge in [0.25, 0.3) is 0 Å². The molecule has 2 saturated heterocycles. The van der Waals surface area contributed by atoms with E-state index in [1.807, 2.05) is 29.2 Å². The van der Waals surface area contributed by atoms with Crippen molar-refractivity contribution >= 4 is 17.7 Å². The van der Waals surface area contributed by atoms with Gasteiger partial charge in [0.15, 0.2) is 0 Å². The molecule has 0 aromatic heterocycles. The molecule has 0 aliphatic carbocycles. The van der Waals surface area contributed by atoms with Crippen LogP contribution in [0.5, 0.6) is 0 Å². The molecular weight excluding hydrogens is 310 g/mol. The second kappa shape index (κ2) is 7.19. The normalized spacial score (nSPS) is 23.3. The van der Waals surface area contributed by atoms with Gasteiger partial charge in [-0.25, -0.2) is 4.79 Å². The molecule has 0 radical (unpaired) electrons. The Bertz CT molecular complexity index is 604. The number of ether oxygens (including phenoxy) is 1. The van der Waals surface area contributed by atoms with Gasteiger partial charge in [-0.05, 0) is 24.1 Å². The molecule has 24 heavy (non-hydrogen) atoms. The minimum atomic E-state index is -0.229. The van der Waals surface area contributed by atoms with Gasteiger partial charge < -0.3 is 20.1 Å². The standard InChI is InChI=1S/C17H23N3O4/c1-24-16(22)7-4-12-2-5-13(6-3-12)20-10-15-14(11-21)18-8-9-19(15)17(20)23/h2-3,5-6,14-15,18,21H,4,7-11H2,1H3/t14-,15?/m1/s1. The minimum absolute atomic E-state index is 0.00440. The third-order valence-electron chi connectivity index (χ3n) is 4.76. The Hall–Kier alpha value is -2.12. The number of rotatable bonds is 5.